The molecule has 0 spiro atoms. The molecular weight excluding hydrogens is 429 g/mol. The first kappa shape index (κ1) is 23.8. The van der Waals surface area contributed by atoms with E-state index in [4.69, 9.17) is 0 Å². The fraction of sp³-hybridized carbons (Fsp3) is 0.909. The van der Waals surface area contributed by atoms with Crippen molar-refractivity contribution in [1.29, 1.82) is 0 Å². The highest BCUT2D eigenvalue weighted by Crippen LogP contribution is 2.18. The first-order valence-corrected chi connectivity index (χ1v) is 6.30. The van der Waals surface area contributed by atoms with Crippen LogP contribution in [-0.4, -0.2) is 63.5 Å². The maximum absolute atomic E-state index is 12.1. The van der Waals surface area contributed by atoms with Crippen LogP contribution in [0.2, 0.25) is 0 Å². The van der Waals surface area contributed by atoms with Crippen molar-refractivity contribution in [3.8, 4) is 0 Å². The van der Waals surface area contributed by atoms with Gasteiger partial charge in [-0.15, -0.1) is 24.0 Å². The molecular formula is C11H21F6IN4. The first-order valence-electron chi connectivity index (χ1n) is 6.30. The monoisotopic (exact) mass is 450 g/mol. The van der Waals surface area contributed by atoms with Gasteiger partial charge in [0.25, 0.3) is 0 Å². The smallest absolute Gasteiger partial charge is 0.356 e. The zero-order valence-electron chi connectivity index (χ0n) is 12.3. The van der Waals surface area contributed by atoms with Gasteiger partial charge >= 0.3 is 12.4 Å². The number of hydrogen-bond donors (Lipinski definition) is 2. The zero-order chi connectivity index (χ0) is 16.5. The lowest BCUT2D eigenvalue weighted by molar-refractivity contribution is -0.143. The Hall–Kier alpha value is -0.460. The van der Waals surface area contributed by atoms with E-state index in [0.29, 0.717) is 13.0 Å². The minimum absolute atomic E-state index is 0. The SMILES string of the molecule is CN=C(NCCCN(C)CC(F)(F)F)NCCC(F)(F)F.I. The van der Waals surface area contributed by atoms with Crippen LogP contribution in [0.5, 0.6) is 0 Å². The van der Waals surface area contributed by atoms with Gasteiger partial charge in [-0.2, -0.15) is 26.3 Å². The second-order valence-electron chi connectivity index (χ2n) is 4.50. The van der Waals surface area contributed by atoms with Crippen molar-refractivity contribution >= 4 is 29.9 Å². The molecule has 0 rings (SSSR count). The molecule has 0 saturated heterocycles. The lowest BCUT2D eigenvalue weighted by Crippen LogP contribution is -2.40. The van der Waals surface area contributed by atoms with Crippen molar-refractivity contribution < 1.29 is 26.3 Å². The number of nitrogens with zero attached hydrogens (tertiary/aromatic N) is 2. The molecule has 0 aromatic rings. The van der Waals surface area contributed by atoms with E-state index in [9.17, 15) is 26.3 Å². The normalized spacial score (nSPS) is 13.0. The molecule has 0 fully saturated rings. The summed E-state index contributed by atoms with van der Waals surface area (Å²) in [4.78, 5) is 4.84. The number of alkyl halides is 6. The molecule has 0 atom stereocenters. The number of guanidine groups is 1. The topological polar surface area (TPSA) is 39.7 Å². The maximum atomic E-state index is 12.1. The Morgan fingerprint density at radius 2 is 1.55 bits per heavy atom. The molecule has 0 radical (unpaired) electrons. The Balaban J connectivity index is 0. The van der Waals surface area contributed by atoms with Crippen molar-refractivity contribution in [3.05, 3.63) is 0 Å². The summed E-state index contributed by atoms with van der Waals surface area (Å²) < 4.78 is 72.0. The largest absolute Gasteiger partial charge is 0.401 e. The minimum atomic E-state index is -4.24. The third kappa shape index (κ3) is 15.9. The van der Waals surface area contributed by atoms with Crippen LogP contribution < -0.4 is 10.6 Å². The lowest BCUT2D eigenvalue weighted by Gasteiger charge is -2.19. The van der Waals surface area contributed by atoms with E-state index in [-0.39, 0.29) is 43.0 Å². The van der Waals surface area contributed by atoms with Crippen molar-refractivity contribution in [2.24, 2.45) is 4.99 Å². The van der Waals surface area contributed by atoms with E-state index < -0.39 is 25.3 Å². The Labute approximate surface area is 142 Å². The molecule has 0 aliphatic heterocycles. The number of rotatable bonds is 7. The van der Waals surface area contributed by atoms with Gasteiger partial charge in [-0.25, -0.2) is 0 Å². The molecule has 0 aliphatic carbocycles. The van der Waals surface area contributed by atoms with E-state index in [1.165, 1.54) is 14.1 Å². The standard InChI is InChI=1S/C11H20F6N4.HI/c1-18-9(20-6-4-10(12,13)14)19-5-3-7-21(2)8-11(15,16)17;/h3-8H2,1-2H3,(H2,18,19,20);1H. The first-order chi connectivity index (χ1) is 9.53. The highest BCUT2D eigenvalue weighted by Gasteiger charge is 2.28. The molecule has 4 nitrogen and oxygen atoms in total. The van der Waals surface area contributed by atoms with Gasteiger partial charge in [0, 0.05) is 20.1 Å². The summed E-state index contributed by atoms with van der Waals surface area (Å²) in [5, 5.41) is 5.22. The quantitative estimate of drug-likeness (QED) is 0.206. The van der Waals surface area contributed by atoms with Crippen molar-refractivity contribution in [3.63, 3.8) is 0 Å². The van der Waals surface area contributed by atoms with Gasteiger partial charge in [0.05, 0.1) is 13.0 Å². The zero-order valence-corrected chi connectivity index (χ0v) is 14.6. The number of hydrogen-bond acceptors (Lipinski definition) is 2. The molecule has 134 valence electrons. The maximum Gasteiger partial charge on any atom is 0.401 e. The second-order valence-corrected chi connectivity index (χ2v) is 4.50. The van der Waals surface area contributed by atoms with Crippen LogP contribution in [0.3, 0.4) is 0 Å². The molecule has 0 heterocycles. The Bertz CT molecular complexity index is 319. The van der Waals surface area contributed by atoms with Crippen LogP contribution in [0.25, 0.3) is 0 Å². The van der Waals surface area contributed by atoms with E-state index in [2.05, 4.69) is 15.6 Å². The average Bonchev–Trinajstić information content (AvgIpc) is 2.28. The highest BCUT2D eigenvalue weighted by atomic mass is 127. The van der Waals surface area contributed by atoms with Gasteiger partial charge in [-0.1, -0.05) is 0 Å². The lowest BCUT2D eigenvalue weighted by atomic mass is 10.4. The van der Waals surface area contributed by atoms with Crippen LogP contribution in [0.1, 0.15) is 12.8 Å². The molecule has 0 aromatic carbocycles. The summed E-state index contributed by atoms with van der Waals surface area (Å²) >= 11 is 0. The second kappa shape index (κ2) is 11.1. The van der Waals surface area contributed by atoms with E-state index in [1.54, 1.807) is 0 Å². The van der Waals surface area contributed by atoms with Crippen molar-refractivity contribution in [1.82, 2.24) is 15.5 Å². The van der Waals surface area contributed by atoms with Crippen LogP contribution in [0.15, 0.2) is 4.99 Å². The fourth-order valence-electron chi connectivity index (χ4n) is 1.48. The van der Waals surface area contributed by atoms with E-state index in [0.717, 1.165) is 4.90 Å². The van der Waals surface area contributed by atoms with Gasteiger partial charge in [0.1, 0.15) is 0 Å². The Morgan fingerprint density at radius 1 is 1.00 bits per heavy atom. The van der Waals surface area contributed by atoms with Gasteiger partial charge in [-0.05, 0) is 20.0 Å². The molecule has 22 heavy (non-hydrogen) atoms. The molecule has 0 aromatic heterocycles. The predicted octanol–water partition coefficient (Wildman–Crippen LogP) is 2.61. The third-order valence-electron chi connectivity index (χ3n) is 2.38. The highest BCUT2D eigenvalue weighted by molar-refractivity contribution is 14.0. The predicted molar refractivity (Wildman–Crippen MR) is 83.6 cm³/mol. The Kier molecular flexibility index (Phi) is 12.0. The number of halogens is 7. The van der Waals surface area contributed by atoms with E-state index in [1.807, 2.05) is 0 Å². The molecule has 0 bridgehead atoms. The average molecular weight is 450 g/mol. The van der Waals surface area contributed by atoms with Gasteiger partial charge in [0.15, 0.2) is 5.96 Å². The molecule has 0 unspecified atom stereocenters. The minimum Gasteiger partial charge on any atom is -0.356 e. The summed E-state index contributed by atoms with van der Waals surface area (Å²) in [6, 6.07) is 0. The van der Waals surface area contributed by atoms with E-state index >= 15 is 0 Å². The Morgan fingerprint density at radius 3 is 2.00 bits per heavy atom. The van der Waals surface area contributed by atoms with Crippen molar-refractivity contribution in [2.75, 3.05) is 40.3 Å². The molecule has 0 saturated carbocycles. The fourth-order valence-corrected chi connectivity index (χ4v) is 1.48. The van der Waals surface area contributed by atoms with Crippen LogP contribution >= 0.6 is 24.0 Å². The van der Waals surface area contributed by atoms with Gasteiger partial charge in [0.2, 0.25) is 0 Å². The molecule has 2 N–H and O–H groups in total. The van der Waals surface area contributed by atoms with Crippen LogP contribution in [0.4, 0.5) is 26.3 Å². The molecule has 0 aliphatic rings. The van der Waals surface area contributed by atoms with Gasteiger partial charge in [-0.3, -0.25) is 9.89 Å². The summed E-state index contributed by atoms with van der Waals surface area (Å²) in [7, 11) is 2.75. The van der Waals surface area contributed by atoms with Gasteiger partial charge < -0.3 is 10.6 Å². The summed E-state index contributed by atoms with van der Waals surface area (Å²) in [6.07, 6.45) is -9.06. The number of aliphatic imine (C=N–C) groups is 1. The van der Waals surface area contributed by atoms with Crippen LogP contribution in [0, 0.1) is 0 Å². The molecule has 11 heteroatoms. The number of nitrogens with one attached hydrogen (secondary N) is 2. The van der Waals surface area contributed by atoms with Crippen LogP contribution in [-0.2, 0) is 0 Å². The van der Waals surface area contributed by atoms with Crippen molar-refractivity contribution in [2.45, 2.75) is 25.2 Å². The summed E-state index contributed by atoms with van der Waals surface area (Å²) in [5.74, 6) is 0.192. The molecule has 0 amide bonds. The third-order valence-corrected chi connectivity index (χ3v) is 2.38. The summed E-state index contributed by atoms with van der Waals surface area (Å²) in [6.45, 7) is -0.775. The summed E-state index contributed by atoms with van der Waals surface area (Å²) in [5.41, 5.74) is 0.